The number of carbonyl (C=O) groups excluding carboxylic acids is 1. The number of benzene rings is 1. The fourth-order valence-electron chi connectivity index (χ4n) is 2.46. The Morgan fingerprint density at radius 1 is 1.35 bits per heavy atom. The Morgan fingerprint density at radius 2 is 2.05 bits per heavy atom. The van der Waals surface area contributed by atoms with Gasteiger partial charge in [0.2, 0.25) is 0 Å². The van der Waals surface area contributed by atoms with Gasteiger partial charge in [-0.1, -0.05) is 6.92 Å². The number of fused-ring (bicyclic) bond motifs is 1. The molecule has 0 heterocycles. The highest BCUT2D eigenvalue weighted by Gasteiger charge is 2.27. The second-order valence-electron chi connectivity index (χ2n) is 4.75. The number of methoxy groups -OCH3 is 1. The van der Waals surface area contributed by atoms with Crippen molar-refractivity contribution in [3.63, 3.8) is 0 Å². The Bertz CT molecular complexity index is 535. The maximum absolute atomic E-state index is 12.1. The first kappa shape index (κ1) is 14.4. The van der Waals surface area contributed by atoms with Gasteiger partial charge in [0.25, 0.3) is 0 Å². The van der Waals surface area contributed by atoms with Gasteiger partial charge in [0, 0.05) is 12.0 Å². The highest BCUT2D eigenvalue weighted by molar-refractivity contribution is 6.01. The number of carbonyl (C=O) groups is 2. The second-order valence-corrected chi connectivity index (χ2v) is 4.75. The minimum Gasteiger partial charge on any atom is -0.496 e. The van der Waals surface area contributed by atoms with Crippen LogP contribution in [0.1, 0.15) is 42.1 Å². The van der Waals surface area contributed by atoms with E-state index in [4.69, 9.17) is 14.6 Å². The highest BCUT2D eigenvalue weighted by atomic mass is 16.5. The lowest BCUT2D eigenvalue weighted by atomic mass is 9.89. The van der Waals surface area contributed by atoms with Crippen LogP contribution >= 0.6 is 0 Å². The average molecular weight is 278 g/mol. The zero-order chi connectivity index (χ0) is 14.7. The van der Waals surface area contributed by atoms with E-state index in [2.05, 4.69) is 0 Å². The van der Waals surface area contributed by atoms with E-state index in [1.54, 1.807) is 26.2 Å². The van der Waals surface area contributed by atoms with Crippen LogP contribution in [-0.2, 0) is 11.2 Å². The first-order chi connectivity index (χ1) is 9.58. The molecule has 0 fully saturated rings. The zero-order valence-corrected chi connectivity index (χ0v) is 11.6. The summed E-state index contributed by atoms with van der Waals surface area (Å²) in [5.41, 5.74) is 1.30. The van der Waals surface area contributed by atoms with E-state index in [0.717, 1.165) is 18.4 Å². The molecular weight excluding hydrogens is 260 g/mol. The number of hydrogen-bond acceptors (Lipinski definition) is 4. The fourth-order valence-corrected chi connectivity index (χ4v) is 2.46. The first-order valence-electron chi connectivity index (χ1n) is 6.71. The Balaban J connectivity index is 2.44. The SMILES string of the molecule is CC[C@@H](Oc1ccc(OC)c2c1C(=O)CCC2)C(=O)O. The Morgan fingerprint density at radius 3 is 2.65 bits per heavy atom. The molecule has 1 aromatic carbocycles. The van der Waals surface area contributed by atoms with Gasteiger partial charge >= 0.3 is 5.97 Å². The van der Waals surface area contributed by atoms with Crippen molar-refractivity contribution in [1.29, 1.82) is 0 Å². The number of aliphatic carboxylic acids is 1. The van der Waals surface area contributed by atoms with Gasteiger partial charge in [0.15, 0.2) is 11.9 Å². The molecule has 1 atom stereocenters. The molecule has 0 unspecified atom stereocenters. The number of carboxylic acids is 1. The van der Waals surface area contributed by atoms with E-state index < -0.39 is 12.1 Å². The molecule has 1 aliphatic rings. The molecule has 5 heteroatoms. The number of rotatable bonds is 5. The predicted octanol–water partition coefficient (Wildman–Crippen LogP) is 2.46. The molecule has 1 N–H and O–H groups in total. The number of ether oxygens (including phenoxy) is 2. The van der Waals surface area contributed by atoms with E-state index in [1.807, 2.05) is 0 Å². The molecule has 0 aromatic heterocycles. The van der Waals surface area contributed by atoms with Crippen LogP contribution in [0.2, 0.25) is 0 Å². The number of hydrogen-bond donors (Lipinski definition) is 1. The molecule has 5 nitrogen and oxygen atoms in total. The molecule has 2 rings (SSSR count). The van der Waals surface area contributed by atoms with Crippen LogP contribution < -0.4 is 9.47 Å². The van der Waals surface area contributed by atoms with E-state index in [9.17, 15) is 9.59 Å². The second kappa shape index (κ2) is 5.94. The van der Waals surface area contributed by atoms with Crippen molar-refractivity contribution < 1.29 is 24.2 Å². The minimum absolute atomic E-state index is 0.0135. The van der Waals surface area contributed by atoms with Crippen LogP contribution in [0.25, 0.3) is 0 Å². The number of ketones is 1. The Kier molecular flexibility index (Phi) is 4.27. The van der Waals surface area contributed by atoms with Gasteiger partial charge in [-0.2, -0.15) is 0 Å². The van der Waals surface area contributed by atoms with Crippen LogP contribution in [0.3, 0.4) is 0 Å². The summed E-state index contributed by atoms with van der Waals surface area (Å²) in [6, 6.07) is 3.34. The van der Waals surface area contributed by atoms with Crippen molar-refractivity contribution in [3.8, 4) is 11.5 Å². The minimum atomic E-state index is -1.03. The summed E-state index contributed by atoms with van der Waals surface area (Å²) in [7, 11) is 1.56. The van der Waals surface area contributed by atoms with Crippen molar-refractivity contribution in [3.05, 3.63) is 23.3 Å². The molecule has 108 valence electrons. The van der Waals surface area contributed by atoms with E-state index in [-0.39, 0.29) is 5.78 Å². The Hall–Kier alpha value is -2.04. The van der Waals surface area contributed by atoms with Crippen LogP contribution in [0.5, 0.6) is 11.5 Å². The van der Waals surface area contributed by atoms with E-state index >= 15 is 0 Å². The summed E-state index contributed by atoms with van der Waals surface area (Å²) < 4.78 is 10.8. The Labute approximate surface area is 117 Å². The molecule has 0 saturated carbocycles. The molecular formula is C15H18O5. The lowest BCUT2D eigenvalue weighted by Gasteiger charge is -2.22. The maximum Gasteiger partial charge on any atom is 0.344 e. The van der Waals surface area contributed by atoms with Gasteiger partial charge in [-0.3, -0.25) is 4.79 Å². The average Bonchev–Trinajstić information content (AvgIpc) is 2.44. The largest absolute Gasteiger partial charge is 0.496 e. The van der Waals surface area contributed by atoms with E-state index in [1.165, 1.54) is 0 Å². The molecule has 1 aromatic rings. The molecule has 0 spiro atoms. The van der Waals surface area contributed by atoms with Gasteiger partial charge in [0.05, 0.1) is 12.7 Å². The smallest absolute Gasteiger partial charge is 0.344 e. The van der Waals surface area contributed by atoms with Crippen LogP contribution in [-0.4, -0.2) is 30.1 Å². The van der Waals surface area contributed by atoms with Crippen LogP contribution in [0.15, 0.2) is 12.1 Å². The molecule has 0 amide bonds. The van der Waals surface area contributed by atoms with Gasteiger partial charge in [-0.25, -0.2) is 4.79 Å². The molecule has 1 aliphatic carbocycles. The summed E-state index contributed by atoms with van der Waals surface area (Å²) in [5.74, 6) is -0.0377. The highest BCUT2D eigenvalue weighted by Crippen LogP contribution is 2.36. The number of carboxylic acid groups (broad SMARTS) is 1. The summed E-state index contributed by atoms with van der Waals surface area (Å²) in [5, 5.41) is 9.07. The quantitative estimate of drug-likeness (QED) is 0.895. The molecule has 0 saturated heterocycles. The standard InChI is InChI=1S/C15H18O5/c1-3-11(15(17)18)20-13-8-7-12(19-2)9-5-4-6-10(16)14(9)13/h7-8,11H,3-6H2,1-2H3,(H,17,18)/t11-/m1/s1. The fraction of sp³-hybridized carbons (Fsp3) is 0.467. The third-order valence-corrected chi connectivity index (χ3v) is 3.48. The summed E-state index contributed by atoms with van der Waals surface area (Å²) in [6.45, 7) is 1.73. The summed E-state index contributed by atoms with van der Waals surface area (Å²) in [6.07, 6.45) is 1.37. The number of Topliss-reactive ketones (excluding diaryl/α,β-unsaturated/α-hetero) is 1. The van der Waals surface area contributed by atoms with Crippen molar-refractivity contribution in [2.75, 3.05) is 7.11 Å². The van der Waals surface area contributed by atoms with Gasteiger partial charge < -0.3 is 14.6 Å². The van der Waals surface area contributed by atoms with E-state index in [0.29, 0.717) is 29.9 Å². The third kappa shape index (κ3) is 2.61. The van der Waals surface area contributed by atoms with Gasteiger partial charge in [-0.05, 0) is 31.4 Å². The molecule has 0 bridgehead atoms. The monoisotopic (exact) mass is 278 g/mol. The molecule has 20 heavy (non-hydrogen) atoms. The summed E-state index contributed by atoms with van der Waals surface area (Å²) in [4.78, 5) is 23.2. The van der Waals surface area contributed by atoms with Crippen LogP contribution in [0.4, 0.5) is 0 Å². The van der Waals surface area contributed by atoms with Crippen molar-refractivity contribution in [1.82, 2.24) is 0 Å². The lowest BCUT2D eigenvalue weighted by molar-refractivity contribution is -0.145. The third-order valence-electron chi connectivity index (χ3n) is 3.48. The summed E-state index contributed by atoms with van der Waals surface area (Å²) >= 11 is 0. The zero-order valence-electron chi connectivity index (χ0n) is 11.6. The first-order valence-corrected chi connectivity index (χ1v) is 6.71. The topological polar surface area (TPSA) is 72.8 Å². The molecule has 0 radical (unpaired) electrons. The van der Waals surface area contributed by atoms with Gasteiger partial charge in [0.1, 0.15) is 11.5 Å². The van der Waals surface area contributed by atoms with Crippen molar-refractivity contribution in [2.24, 2.45) is 0 Å². The molecule has 0 aliphatic heterocycles. The van der Waals surface area contributed by atoms with Crippen molar-refractivity contribution >= 4 is 11.8 Å². The predicted molar refractivity (Wildman–Crippen MR) is 72.6 cm³/mol. The van der Waals surface area contributed by atoms with Gasteiger partial charge in [-0.15, -0.1) is 0 Å². The normalized spacial score (nSPS) is 15.4. The van der Waals surface area contributed by atoms with Crippen LogP contribution in [0, 0.1) is 0 Å². The lowest BCUT2D eigenvalue weighted by Crippen LogP contribution is -2.27. The maximum atomic E-state index is 12.1. The van der Waals surface area contributed by atoms with Crippen molar-refractivity contribution in [2.45, 2.75) is 38.7 Å².